The number of aliphatic hydroxyl groups excluding tert-OH is 1. The van der Waals surface area contributed by atoms with Crippen LogP contribution >= 0.6 is 0 Å². The van der Waals surface area contributed by atoms with Gasteiger partial charge in [-0.05, 0) is 25.7 Å². The first-order valence-corrected chi connectivity index (χ1v) is 8.84. The maximum Gasteiger partial charge on any atom is 0.308 e. The zero-order chi connectivity index (χ0) is 15.5. The van der Waals surface area contributed by atoms with Gasteiger partial charge in [-0.15, -0.1) is 0 Å². The third-order valence-corrected chi connectivity index (χ3v) is 6.27. The van der Waals surface area contributed by atoms with Crippen molar-refractivity contribution in [3.8, 4) is 0 Å². The SMILES string of the molecule is COC(=O)C1CCN(S(=O)(=O)NC2(CO)CCCC2)CC1. The molecule has 1 aliphatic carbocycles. The zero-order valence-corrected chi connectivity index (χ0v) is 13.2. The Morgan fingerprint density at radius 3 is 2.38 bits per heavy atom. The molecule has 0 amide bonds. The maximum atomic E-state index is 12.4. The molecule has 1 saturated heterocycles. The summed E-state index contributed by atoms with van der Waals surface area (Å²) in [5.41, 5.74) is -0.710. The molecule has 0 aromatic heterocycles. The van der Waals surface area contributed by atoms with Crippen LogP contribution in [0.3, 0.4) is 0 Å². The highest BCUT2D eigenvalue weighted by Gasteiger charge is 2.40. The van der Waals surface area contributed by atoms with Gasteiger partial charge in [-0.25, -0.2) is 0 Å². The molecule has 122 valence electrons. The number of nitrogens with zero attached hydrogens (tertiary/aromatic N) is 1. The van der Waals surface area contributed by atoms with Crippen LogP contribution < -0.4 is 4.72 Å². The first-order valence-electron chi connectivity index (χ1n) is 7.40. The number of rotatable bonds is 5. The van der Waals surface area contributed by atoms with Gasteiger partial charge in [-0.2, -0.15) is 17.4 Å². The molecule has 1 aliphatic heterocycles. The minimum Gasteiger partial charge on any atom is -0.469 e. The van der Waals surface area contributed by atoms with Crippen molar-refractivity contribution in [1.29, 1.82) is 0 Å². The fourth-order valence-corrected chi connectivity index (χ4v) is 4.82. The summed E-state index contributed by atoms with van der Waals surface area (Å²) in [5.74, 6) is -0.498. The van der Waals surface area contributed by atoms with E-state index in [9.17, 15) is 18.3 Å². The second kappa shape index (κ2) is 6.60. The smallest absolute Gasteiger partial charge is 0.308 e. The van der Waals surface area contributed by atoms with E-state index in [-0.39, 0.29) is 18.5 Å². The van der Waals surface area contributed by atoms with Gasteiger partial charge >= 0.3 is 5.97 Å². The lowest BCUT2D eigenvalue weighted by Gasteiger charge is -2.34. The highest BCUT2D eigenvalue weighted by molar-refractivity contribution is 7.87. The summed E-state index contributed by atoms with van der Waals surface area (Å²) in [4.78, 5) is 11.5. The molecule has 0 unspecified atom stereocenters. The lowest BCUT2D eigenvalue weighted by Crippen LogP contribution is -2.55. The van der Waals surface area contributed by atoms with Gasteiger partial charge in [0.2, 0.25) is 0 Å². The van der Waals surface area contributed by atoms with Crippen LogP contribution in [0.15, 0.2) is 0 Å². The fourth-order valence-electron chi connectivity index (χ4n) is 3.18. The monoisotopic (exact) mass is 320 g/mol. The fraction of sp³-hybridized carbons (Fsp3) is 0.923. The minimum atomic E-state index is -3.62. The molecule has 0 aromatic carbocycles. The van der Waals surface area contributed by atoms with E-state index in [2.05, 4.69) is 4.72 Å². The molecule has 7 nitrogen and oxygen atoms in total. The number of nitrogens with one attached hydrogen (secondary N) is 1. The number of hydrogen-bond acceptors (Lipinski definition) is 5. The zero-order valence-electron chi connectivity index (χ0n) is 12.4. The van der Waals surface area contributed by atoms with Crippen molar-refractivity contribution in [2.24, 2.45) is 5.92 Å². The summed E-state index contributed by atoms with van der Waals surface area (Å²) >= 11 is 0. The van der Waals surface area contributed by atoms with Crippen molar-refractivity contribution in [2.45, 2.75) is 44.1 Å². The Morgan fingerprint density at radius 1 is 1.33 bits per heavy atom. The molecule has 0 radical (unpaired) electrons. The van der Waals surface area contributed by atoms with Crippen molar-refractivity contribution in [3.63, 3.8) is 0 Å². The quantitative estimate of drug-likeness (QED) is 0.696. The van der Waals surface area contributed by atoms with E-state index < -0.39 is 15.7 Å². The third-order valence-electron chi connectivity index (χ3n) is 4.54. The van der Waals surface area contributed by atoms with Gasteiger partial charge in [0.15, 0.2) is 0 Å². The molecule has 0 bridgehead atoms. The van der Waals surface area contributed by atoms with Gasteiger partial charge in [-0.3, -0.25) is 4.79 Å². The predicted octanol–water partition coefficient (Wildman–Crippen LogP) is 0.0109. The molecule has 0 atom stereocenters. The molecular weight excluding hydrogens is 296 g/mol. The van der Waals surface area contributed by atoms with Crippen molar-refractivity contribution in [1.82, 2.24) is 9.03 Å². The second-order valence-corrected chi connectivity index (χ2v) is 7.62. The molecule has 1 saturated carbocycles. The Balaban J connectivity index is 1.97. The van der Waals surface area contributed by atoms with Crippen LogP contribution in [0.5, 0.6) is 0 Å². The number of carbonyl (C=O) groups excluding carboxylic acids is 1. The average Bonchev–Trinajstić information content (AvgIpc) is 2.95. The third kappa shape index (κ3) is 3.74. The lowest BCUT2D eigenvalue weighted by molar-refractivity contribution is -0.146. The Labute approximate surface area is 125 Å². The van der Waals surface area contributed by atoms with E-state index >= 15 is 0 Å². The normalized spacial score (nSPS) is 24.1. The molecule has 8 heteroatoms. The number of aliphatic hydroxyl groups is 1. The maximum absolute atomic E-state index is 12.4. The Bertz CT molecular complexity index is 465. The van der Waals surface area contributed by atoms with Crippen LogP contribution in [0.25, 0.3) is 0 Å². The van der Waals surface area contributed by atoms with Crippen LogP contribution in [-0.2, 0) is 19.7 Å². The number of methoxy groups -OCH3 is 1. The van der Waals surface area contributed by atoms with Crippen LogP contribution in [0, 0.1) is 5.92 Å². The molecule has 21 heavy (non-hydrogen) atoms. The van der Waals surface area contributed by atoms with Crippen LogP contribution in [0.2, 0.25) is 0 Å². The molecule has 0 aromatic rings. The molecule has 2 rings (SSSR count). The highest BCUT2D eigenvalue weighted by atomic mass is 32.2. The van der Waals surface area contributed by atoms with Crippen molar-refractivity contribution >= 4 is 16.2 Å². The van der Waals surface area contributed by atoms with Gasteiger partial charge < -0.3 is 9.84 Å². The summed E-state index contributed by atoms with van der Waals surface area (Å²) < 4.78 is 33.6. The summed E-state index contributed by atoms with van der Waals surface area (Å²) in [6.45, 7) is 0.429. The topological polar surface area (TPSA) is 95.9 Å². The van der Waals surface area contributed by atoms with Crippen molar-refractivity contribution in [3.05, 3.63) is 0 Å². The van der Waals surface area contributed by atoms with Crippen molar-refractivity contribution in [2.75, 3.05) is 26.8 Å². The van der Waals surface area contributed by atoms with Gasteiger partial charge in [0.05, 0.1) is 25.2 Å². The number of ether oxygens (including phenoxy) is 1. The molecule has 2 N–H and O–H groups in total. The number of esters is 1. The molecule has 1 heterocycles. The van der Waals surface area contributed by atoms with Crippen molar-refractivity contribution < 1.29 is 23.1 Å². The van der Waals surface area contributed by atoms with E-state index in [4.69, 9.17) is 4.74 Å². The number of piperidine rings is 1. The van der Waals surface area contributed by atoms with E-state index in [1.165, 1.54) is 11.4 Å². The van der Waals surface area contributed by atoms with E-state index in [1.807, 2.05) is 0 Å². The van der Waals surface area contributed by atoms with Gasteiger partial charge in [0, 0.05) is 13.1 Å². The second-order valence-electron chi connectivity index (χ2n) is 5.95. The highest BCUT2D eigenvalue weighted by Crippen LogP contribution is 2.31. The lowest BCUT2D eigenvalue weighted by atomic mass is 9.99. The molecule has 2 fully saturated rings. The van der Waals surface area contributed by atoms with Crippen LogP contribution in [-0.4, -0.2) is 56.1 Å². The van der Waals surface area contributed by atoms with Crippen LogP contribution in [0.1, 0.15) is 38.5 Å². The summed E-state index contributed by atoms with van der Waals surface area (Å²) in [6.07, 6.45) is 4.13. The predicted molar refractivity (Wildman–Crippen MR) is 76.7 cm³/mol. The van der Waals surface area contributed by atoms with Gasteiger partial charge in [0.1, 0.15) is 0 Å². The van der Waals surface area contributed by atoms with Crippen LogP contribution in [0.4, 0.5) is 0 Å². The number of carbonyl (C=O) groups is 1. The average molecular weight is 320 g/mol. The summed E-state index contributed by atoms with van der Waals surface area (Å²) in [6, 6.07) is 0. The van der Waals surface area contributed by atoms with E-state index in [0.717, 1.165) is 12.8 Å². The first kappa shape index (κ1) is 16.7. The van der Waals surface area contributed by atoms with Gasteiger partial charge in [-0.1, -0.05) is 12.8 Å². The number of hydrogen-bond donors (Lipinski definition) is 2. The van der Waals surface area contributed by atoms with E-state index in [1.54, 1.807) is 0 Å². The Kier molecular flexibility index (Phi) is 5.24. The summed E-state index contributed by atoms with van der Waals surface area (Å²) in [7, 11) is -2.28. The largest absolute Gasteiger partial charge is 0.469 e. The molecular formula is C13H24N2O5S. The first-order chi connectivity index (χ1) is 9.92. The molecule has 0 spiro atoms. The Hall–Kier alpha value is -0.700. The summed E-state index contributed by atoms with van der Waals surface area (Å²) in [5, 5.41) is 9.52. The standard InChI is InChI=1S/C13H24N2O5S/c1-20-12(17)11-4-8-15(9-5-11)21(18,19)14-13(10-16)6-2-3-7-13/h11,14,16H,2-10H2,1H3. The molecule has 2 aliphatic rings. The van der Waals surface area contributed by atoms with E-state index in [0.29, 0.717) is 38.8 Å². The van der Waals surface area contributed by atoms with Gasteiger partial charge in [0.25, 0.3) is 10.2 Å². The minimum absolute atomic E-state index is 0.176. The Morgan fingerprint density at radius 2 is 1.90 bits per heavy atom.